The second kappa shape index (κ2) is 3.81. The van der Waals surface area contributed by atoms with Gasteiger partial charge in [-0.25, -0.2) is 4.79 Å². The normalized spacial score (nSPS) is 19.4. The SMILES string of the molecule is O=C1Oc2ccccc2/C1=C1/Nc2ccccc2C1=O. The minimum Gasteiger partial charge on any atom is -0.422 e. The molecule has 0 fully saturated rings. The molecule has 4 rings (SSSR count). The molecule has 2 aliphatic heterocycles. The fraction of sp³-hybridized carbons (Fsp3) is 0. The van der Waals surface area contributed by atoms with E-state index in [1.54, 1.807) is 30.3 Å². The molecular formula is C16H9NO3. The van der Waals surface area contributed by atoms with E-state index in [2.05, 4.69) is 5.32 Å². The molecule has 0 bridgehead atoms. The van der Waals surface area contributed by atoms with Crippen molar-refractivity contribution in [2.75, 3.05) is 5.32 Å². The van der Waals surface area contributed by atoms with Gasteiger partial charge >= 0.3 is 5.97 Å². The van der Waals surface area contributed by atoms with E-state index in [0.29, 0.717) is 28.1 Å². The molecule has 96 valence electrons. The average Bonchev–Trinajstić information content (AvgIpc) is 2.96. The number of ether oxygens (including phenoxy) is 1. The molecule has 2 aromatic rings. The monoisotopic (exact) mass is 263 g/mol. The molecule has 1 N–H and O–H groups in total. The molecule has 0 aromatic heterocycles. The number of esters is 1. The molecule has 0 spiro atoms. The van der Waals surface area contributed by atoms with Crippen molar-refractivity contribution in [1.29, 1.82) is 0 Å². The third-order valence-electron chi connectivity index (χ3n) is 3.47. The molecule has 0 saturated heterocycles. The summed E-state index contributed by atoms with van der Waals surface area (Å²) in [7, 11) is 0. The zero-order chi connectivity index (χ0) is 13.7. The van der Waals surface area contributed by atoms with Crippen molar-refractivity contribution in [1.82, 2.24) is 0 Å². The maximum absolute atomic E-state index is 12.4. The number of carbonyl (C=O) groups is 2. The first kappa shape index (κ1) is 11.0. The highest BCUT2D eigenvalue weighted by molar-refractivity contribution is 6.33. The Balaban J connectivity index is 1.94. The van der Waals surface area contributed by atoms with Gasteiger partial charge in [0.25, 0.3) is 0 Å². The molecule has 2 aromatic carbocycles. The Kier molecular flexibility index (Phi) is 2.09. The summed E-state index contributed by atoms with van der Waals surface area (Å²) in [6, 6.07) is 14.3. The van der Waals surface area contributed by atoms with Crippen LogP contribution in [0.25, 0.3) is 5.57 Å². The number of fused-ring (bicyclic) bond motifs is 2. The lowest BCUT2D eigenvalue weighted by molar-refractivity contribution is -0.127. The van der Waals surface area contributed by atoms with E-state index >= 15 is 0 Å². The lowest BCUT2D eigenvalue weighted by atomic mass is 10.0. The number of hydrogen-bond acceptors (Lipinski definition) is 4. The number of benzene rings is 2. The van der Waals surface area contributed by atoms with E-state index in [4.69, 9.17) is 4.74 Å². The molecule has 20 heavy (non-hydrogen) atoms. The van der Waals surface area contributed by atoms with Gasteiger partial charge in [0.05, 0.1) is 5.57 Å². The number of anilines is 1. The summed E-state index contributed by atoms with van der Waals surface area (Å²) >= 11 is 0. The van der Waals surface area contributed by atoms with Crippen LogP contribution in [0.4, 0.5) is 5.69 Å². The van der Waals surface area contributed by atoms with Gasteiger partial charge in [0.15, 0.2) is 0 Å². The van der Waals surface area contributed by atoms with Gasteiger partial charge in [0.2, 0.25) is 5.78 Å². The van der Waals surface area contributed by atoms with Crippen LogP contribution in [-0.4, -0.2) is 11.8 Å². The molecule has 0 saturated carbocycles. The molecule has 2 aliphatic rings. The first-order valence-corrected chi connectivity index (χ1v) is 6.22. The molecule has 0 amide bonds. The molecule has 4 nitrogen and oxygen atoms in total. The van der Waals surface area contributed by atoms with E-state index in [9.17, 15) is 9.59 Å². The van der Waals surface area contributed by atoms with Crippen LogP contribution in [0.15, 0.2) is 54.2 Å². The smallest absolute Gasteiger partial charge is 0.346 e. The van der Waals surface area contributed by atoms with Crippen LogP contribution in [-0.2, 0) is 4.79 Å². The first-order valence-electron chi connectivity index (χ1n) is 6.22. The lowest BCUT2D eigenvalue weighted by Gasteiger charge is -2.01. The minimum atomic E-state index is -0.491. The molecule has 0 unspecified atom stereocenters. The fourth-order valence-corrected chi connectivity index (χ4v) is 2.55. The number of ketones is 1. The third-order valence-corrected chi connectivity index (χ3v) is 3.47. The van der Waals surface area contributed by atoms with Crippen molar-refractivity contribution < 1.29 is 14.3 Å². The maximum Gasteiger partial charge on any atom is 0.346 e. The lowest BCUT2D eigenvalue weighted by Crippen LogP contribution is -2.10. The van der Waals surface area contributed by atoms with Crippen molar-refractivity contribution in [3.05, 3.63) is 65.4 Å². The van der Waals surface area contributed by atoms with Gasteiger partial charge in [-0.3, -0.25) is 4.79 Å². The predicted octanol–water partition coefficient (Wildman–Crippen LogP) is 2.63. The van der Waals surface area contributed by atoms with Gasteiger partial charge in [-0.05, 0) is 18.2 Å². The number of rotatable bonds is 0. The summed E-state index contributed by atoms with van der Waals surface area (Å²) in [5, 5.41) is 3.03. The Morgan fingerprint density at radius 3 is 2.35 bits per heavy atom. The van der Waals surface area contributed by atoms with Gasteiger partial charge in [0, 0.05) is 16.8 Å². The minimum absolute atomic E-state index is 0.177. The fourth-order valence-electron chi connectivity index (χ4n) is 2.55. The van der Waals surface area contributed by atoms with E-state index < -0.39 is 5.97 Å². The van der Waals surface area contributed by atoms with E-state index in [0.717, 1.165) is 5.69 Å². The quantitative estimate of drug-likeness (QED) is 0.451. The summed E-state index contributed by atoms with van der Waals surface area (Å²) in [4.78, 5) is 24.5. The second-order valence-corrected chi connectivity index (χ2v) is 4.64. The summed E-state index contributed by atoms with van der Waals surface area (Å²) < 4.78 is 5.19. The number of hydrogen-bond donors (Lipinski definition) is 1. The highest BCUT2D eigenvalue weighted by atomic mass is 16.5. The molecule has 0 radical (unpaired) electrons. The van der Waals surface area contributed by atoms with Crippen molar-refractivity contribution in [2.24, 2.45) is 0 Å². The Morgan fingerprint density at radius 1 is 0.850 bits per heavy atom. The molecule has 0 atom stereocenters. The van der Waals surface area contributed by atoms with Gasteiger partial charge in [-0.15, -0.1) is 0 Å². The Hall–Kier alpha value is -2.88. The number of Topliss-reactive ketones (excluding diaryl/α,β-unsaturated/α-hetero) is 1. The molecular weight excluding hydrogens is 254 g/mol. The van der Waals surface area contributed by atoms with E-state index in [1.165, 1.54) is 0 Å². The topological polar surface area (TPSA) is 55.4 Å². The summed E-state index contributed by atoms with van der Waals surface area (Å²) in [6.07, 6.45) is 0. The van der Waals surface area contributed by atoms with Crippen LogP contribution < -0.4 is 10.1 Å². The standard InChI is InChI=1S/C16H9NO3/c18-15-9-5-1-3-7-11(9)17-14(15)13-10-6-2-4-8-12(10)20-16(13)19/h1-8,17H/b14-13-. The molecule has 4 heteroatoms. The Labute approximate surface area is 114 Å². The van der Waals surface area contributed by atoms with Crippen molar-refractivity contribution in [3.8, 4) is 5.75 Å². The largest absolute Gasteiger partial charge is 0.422 e. The van der Waals surface area contributed by atoms with Gasteiger partial charge in [0.1, 0.15) is 11.4 Å². The van der Waals surface area contributed by atoms with Crippen LogP contribution in [0.1, 0.15) is 15.9 Å². The highest BCUT2D eigenvalue weighted by Crippen LogP contribution is 2.39. The van der Waals surface area contributed by atoms with Gasteiger partial charge < -0.3 is 10.1 Å². The van der Waals surface area contributed by atoms with Crippen LogP contribution in [0, 0.1) is 0 Å². The summed E-state index contributed by atoms with van der Waals surface area (Å²) in [5.74, 6) is -0.176. The van der Waals surface area contributed by atoms with Crippen LogP contribution in [0.5, 0.6) is 5.75 Å². The number of carbonyl (C=O) groups excluding carboxylic acids is 2. The predicted molar refractivity (Wildman–Crippen MR) is 73.4 cm³/mol. The number of allylic oxidation sites excluding steroid dienone is 1. The number of para-hydroxylation sites is 2. The number of nitrogens with one attached hydrogen (secondary N) is 1. The first-order chi connectivity index (χ1) is 9.75. The van der Waals surface area contributed by atoms with E-state index in [1.807, 2.05) is 18.2 Å². The van der Waals surface area contributed by atoms with E-state index in [-0.39, 0.29) is 5.78 Å². The van der Waals surface area contributed by atoms with Gasteiger partial charge in [-0.2, -0.15) is 0 Å². The Morgan fingerprint density at radius 2 is 1.55 bits per heavy atom. The molecule has 2 heterocycles. The van der Waals surface area contributed by atoms with Crippen LogP contribution in [0.2, 0.25) is 0 Å². The van der Waals surface area contributed by atoms with Gasteiger partial charge in [-0.1, -0.05) is 30.3 Å². The summed E-state index contributed by atoms with van der Waals surface area (Å²) in [6.45, 7) is 0. The second-order valence-electron chi connectivity index (χ2n) is 4.64. The zero-order valence-corrected chi connectivity index (χ0v) is 10.3. The zero-order valence-electron chi connectivity index (χ0n) is 10.3. The summed E-state index contributed by atoms with van der Waals surface area (Å²) in [5.41, 5.74) is 2.55. The third kappa shape index (κ3) is 1.36. The average molecular weight is 263 g/mol. The van der Waals surface area contributed by atoms with Crippen molar-refractivity contribution in [2.45, 2.75) is 0 Å². The Bertz CT molecular complexity index is 805. The maximum atomic E-state index is 12.4. The van der Waals surface area contributed by atoms with Crippen LogP contribution >= 0.6 is 0 Å². The highest BCUT2D eigenvalue weighted by Gasteiger charge is 2.36. The van der Waals surface area contributed by atoms with Crippen molar-refractivity contribution in [3.63, 3.8) is 0 Å². The van der Waals surface area contributed by atoms with Crippen LogP contribution in [0.3, 0.4) is 0 Å². The van der Waals surface area contributed by atoms with Crippen molar-refractivity contribution >= 4 is 23.0 Å². The molecule has 0 aliphatic carbocycles.